The van der Waals surface area contributed by atoms with Crippen LogP contribution in [0, 0.1) is 11.6 Å². The predicted octanol–water partition coefficient (Wildman–Crippen LogP) is 3.77. The van der Waals surface area contributed by atoms with Crippen molar-refractivity contribution in [3.8, 4) is 0 Å². The molecule has 0 N–H and O–H groups in total. The Labute approximate surface area is 122 Å². The minimum Gasteiger partial charge on any atom is -0.331 e. The Balaban J connectivity index is 1.81. The molecule has 0 atom stereocenters. The smallest absolute Gasteiger partial charge is 0.254 e. The molecule has 1 fully saturated rings. The highest BCUT2D eigenvalue weighted by molar-refractivity contribution is 5.94. The SMILES string of the molecule is O=C(c1cccc(F)c1)N(Cc1ccc(F)cc1)C1CC1. The molecule has 108 valence electrons. The van der Waals surface area contributed by atoms with E-state index in [-0.39, 0.29) is 17.8 Å². The Bertz CT molecular complexity index is 650. The first-order valence-corrected chi connectivity index (χ1v) is 6.94. The van der Waals surface area contributed by atoms with E-state index in [1.54, 1.807) is 23.1 Å². The molecule has 2 aromatic rings. The van der Waals surface area contributed by atoms with E-state index in [0.29, 0.717) is 12.1 Å². The van der Waals surface area contributed by atoms with E-state index >= 15 is 0 Å². The fraction of sp³-hybridized carbons (Fsp3) is 0.235. The van der Waals surface area contributed by atoms with Gasteiger partial charge in [0.15, 0.2) is 0 Å². The summed E-state index contributed by atoms with van der Waals surface area (Å²) in [5.74, 6) is -0.895. The molecule has 1 aliphatic carbocycles. The second-order valence-corrected chi connectivity index (χ2v) is 5.30. The maximum atomic E-state index is 13.3. The fourth-order valence-corrected chi connectivity index (χ4v) is 2.33. The van der Waals surface area contributed by atoms with Gasteiger partial charge in [-0.05, 0) is 48.7 Å². The first-order valence-electron chi connectivity index (χ1n) is 6.94. The number of hydrogen-bond donors (Lipinski definition) is 0. The summed E-state index contributed by atoms with van der Waals surface area (Å²) in [4.78, 5) is 14.3. The van der Waals surface area contributed by atoms with Gasteiger partial charge in [-0.15, -0.1) is 0 Å². The molecule has 0 spiro atoms. The van der Waals surface area contributed by atoms with Crippen LogP contribution >= 0.6 is 0 Å². The minimum atomic E-state index is -0.418. The molecule has 1 saturated carbocycles. The zero-order valence-electron chi connectivity index (χ0n) is 11.4. The summed E-state index contributed by atoms with van der Waals surface area (Å²) in [5.41, 5.74) is 1.22. The van der Waals surface area contributed by atoms with E-state index in [1.807, 2.05) is 0 Å². The Morgan fingerprint density at radius 3 is 2.38 bits per heavy atom. The van der Waals surface area contributed by atoms with E-state index in [9.17, 15) is 13.6 Å². The van der Waals surface area contributed by atoms with Gasteiger partial charge in [-0.3, -0.25) is 4.79 Å². The van der Waals surface area contributed by atoms with Crippen LogP contribution in [-0.2, 0) is 6.54 Å². The zero-order chi connectivity index (χ0) is 14.8. The van der Waals surface area contributed by atoms with Gasteiger partial charge in [-0.25, -0.2) is 8.78 Å². The van der Waals surface area contributed by atoms with Crippen molar-refractivity contribution in [3.05, 3.63) is 71.3 Å². The van der Waals surface area contributed by atoms with Crippen LogP contribution in [0.4, 0.5) is 8.78 Å². The van der Waals surface area contributed by atoms with Crippen LogP contribution in [0.5, 0.6) is 0 Å². The van der Waals surface area contributed by atoms with Crippen molar-refractivity contribution in [1.82, 2.24) is 4.90 Å². The van der Waals surface area contributed by atoms with E-state index in [1.165, 1.54) is 30.3 Å². The van der Waals surface area contributed by atoms with Crippen LogP contribution in [0.15, 0.2) is 48.5 Å². The molecule has 0 radical (unpaired) electrons. The van der Waals surface area contributed by atoms with Crippen molar-refractivity contribution in [2.24, 2.45) is 0 Å². The summed E-state index contributed by atoms with van der Waals surface area (Å²) in [5, 5.41) is 0. The maximum Gasteiger partial charge on any atom is 0.254 e. The lowest BCUT2D eigenvalue weighted by Gasteiger charge is -2.22. The van der Waals surface area contributed by atoms with Crippen molar-refractivity contribution in [3.63, 3.8) is 0 Å². The first kappa shape index (κ1) is 13.7. The van der Waals surface area contributed by atoms with Crippen LogP contribution in [0.25, 0.3) is 0 Å². The number of amides is 1. The van der Waals surface area contributed by atoms with Gasteiger partial charge in [0.05, 0.1) is 0 Å². The van der Waals surface area contributed by atoms with E-state index in [0.717, 1.165) is 18.4 Å². The molecule has 2 aromatic carbocycles. The Hall–Kier alpha value is -2.23. The molecule has 0 aliphatic heterocycles. The van der Waals surface area contributed by atoms with Crippen LogP contribution in [-0.4, -0.2) is 16.8 Å². The van der Waals surface area contributed by atoms with Gasteiger partial charge < -0.3 is 4.90 Å². The lowest BCUT2D eigenvalue weighted by atomic mass is 10.1. The van der Waals surface area contributed by atoms with E-state index in [2.05, 4.69) is 0 Å². The average molecular weight is 287 g/mol. The molecule has 4 heteroatoms. The van der Waals surface area contributed by atoms with Crippen molar-refractivity contribution in [1.29, 1.82) is 0 Å². The summed E-state index contributed by atoms with van der Waals surface area (Å²) in [6, 6.07) is 12.0. The van der Waals surface area contributed by atoms with Gasteiger partial charge in [0.1, 0.15) is 11.6 Å². The van der Waals surface area contributed by atoms with Gasteiger partial charge in [0.25, 0.3) is 5.91 Å². The monoisotopic (exact) mass is 287 g/mol. The maximum absolute atomic E-state index is 13.3. The lowest BCUT2D eigenvalue weighted by Crippen LogP contribution is -2.32. The second-order valence-electron chi connectivity index (χ2n) is 5.30. The molecular weight excluding hydrogens is 272 g/mol. The Morgan fingerprint density at radius 2 is 1.76 bits per heavy atom. The summed E-state index contributed by atoms with van der Waals surface area (Å²) in [7, 11) is 0. The summed E-state index contributed by atoms with van der Waals surface area (Å²) < 4.78 is 26.2. The molecular formula is C17H15F2NO. The molecule has 0 bridgehead atoms. The quantitative estimate of drug-likeness (QED) is 0.838. The second kappa shape index (κ2) is 5.64. The number of halogens is 2. The number of nitrogens with zero attached hydrogens (tertiary/aromatic N) is 1. The van der Waals surface area contributed by atoms with Crippen LogP contribution in [0.1, 0.15) is 28.8 Å². The summed E-state index contributed by atoms with van der Waals surface area (Å²) in [6.07, 6.45) is 1.92. The molecule has 2 nitrogen and oxygen atoms in total. The van der Waals surface area contributed by atoms with Crippen LogP contribution in [0.3, 0.4) is 0 Å². The molecule has 21 heavy (non-hydrogen) atoms. The minimum absolute atomic E-state index is 0.179. The molecule has 1 aliphatic rings. The third kappa shape index (κ3) is 3.27. The Morgan fingerprint density at radius 1 is 1.05 bits per heavy atom. The number of hydrogen-bond acceptors (Lipinski definition) is 1. The van der Waals surface area contributed by atoms with Crippen molar-refractivity contribution < 1.29 is 13.6 Å². The number of carbonyl (C=O) groups is 1. The van der Waals surface area contributed by atoms with Crippen molar-refractivity contribution in [2.75, 3.05) is 0 Å². The normalized spacial score (nSPS) is 14.0. The highest BCUT2D eigenvalue weighted by Crippen LogP contribution is 2.30. The van der Waals surface area contributed by atoms with E-state index in [4.69, 9.17) is 0 Å². The largest absolute Gasteiger partial charge is 0.331 e. The van der Waals surface area contributed by atoms with Crippen LogP contribution < -0.4 is 0 Å². The first-order chi connectivity index (χ1) is 10.1. The topological polar surface area (TPSA) is 20.3 Å². The molecule has 0 heterocycles. The van der Waals surface area contributed by atoms with Crippen molar-refractivity contribution in [2.45, 2.75) is 25.4 Å². The summed E-state index contributed by atoms with van der Waals surface area (Å²) >= 11 is 0. The number of carbonyl (C=O) groups excluding carboxylic acids is 1. The molecule has 0 aromatic heterocycles. The molecule has 0 saturated heterocycles. The molecule has 1 amide bonds. The van der Waals surface area contributed by atoms with Gasteiger partial charge in [0, 0.05) is 18.2 Å². The zero-order valence-corrected chi connectivity index (χ0v) is 11.4. The van der Waals surface area contributed by atoms with Crippen molar-refractivity contribution >= 4 is 5.91 Å². The third-order valence-electron chi connectivity index (χ3n) is 3.59. The molecule has 3 rings (SSSR count). The fourth-order valence-electron chi connectivity index (χ4n) is 2.33. The molecule has 0 unspecified atom stereocenters. The summed E-state index contributed by atoms with van der Waals surface area (Å²) in [6.45, 7) is 0.417. The van der Waals surface area contributed by atoms with E-state index < -0.39 is 5.82 Å². The van der Waals surface area contributed by atoms with Crippen LogP contribution in [0.2, 0.25) is 0 Å². The standard InChI is InChI=1S/C17H15F2NO/c18-14-6-4-12(5-7-14)11-20(16-8-9-16)17(21)13-2-1-3-15(19)10-13/h1-7,10,16H,8-9,11H2. The van der Waals surface area contributed by atoms with Gasteiger partial charge in [-0.2, -0.15) is 0 Å². The van der Waals surface area contributed by atoms with Gasteiger partial charge in [0.2, 0.25) is 0 Å². The lowest BCUT2D eigenvalue weighted by molar-refractivity contribution is 0.0729. The third-order valence-corrected chi connectivity index (χ3v) is 3.59. The highest BCUT2D eigenvalue weighted by Gasteiger charge is 2.33. The number of rotatable bonds is 4. The van der Waals surface area contributed by atoms with Gasteiger partial charge >= 0.3 is 0 Å². The predicted molar refractivity (Wildman–Crippen MR) is 75.7 cm³/mol. The average Bonchev–Trinajstić information content (AvgIpc) is 3.30. The Kier molecular flexibility index (Phi) is 3.69. The number of benzene rings is 2. The van der Waals surface area contributed by atoms with Gasteiger partial charge in [-0.1, -0.05) is 18.2 Å². The highest BCUT2D eigenvalue weighted by atomic mass is 19.1.